The fourth-order valence-electron chi connectivity index (χ4n) is 3.46. The number of ether oxygens (including phenoxy) is 1. The molecule has 2 atom stereocenters. The summed E-state index contributed by atoms with van der Waals surface area (Å²) in [7, 11) is 0. The van der Waals surface area contributed by atoms with Crippen molar-refractivity contribution >= 4 is 11.3 Å². The van der Waals surface area contributed by atoms with Crippen LogP contribution in [0.5, 0.6) is 0 Å². The minimum absolute atomic E-state index is 0.0689. The highest BCUT2D eigenvalue weighted by molar-refractivity contribution is 7.09. The van der Waals surface area contributed by atoms with Gasteiger partial charge in [-0.3, -0.25) is 0 Å². The number of aromatic nitrogens is 1. The maximum absolute atomic E-state index is 10.4. The highest BCUT2D eigenvalue weighted by Gasteiger charge is 2.41. The van der Waals surface area contributed by atoms with Gasteiger partial charge in [0.1, 0.15) is 11.1 Å². The van der Waals surface area contributed by atoms with Crippen LogP contribution in [0.1, 0.15) is 56.1 Å². The number of aliphatic hydroxyl groups excluding tert-OH is 1. The molecule has 2 heterocycles. The summed E-state index contributed by atoms with van der Waals surface area (Å²) in [6.07, 6.45) is 9.59. The van der Waals surface area contributed by atoms with Crippen LogP contribution in [-0.4, -0.2) is 22.3 Å². The quantitative estimate of drug-likeness (QED) is 0.894. The first kappa shape index (κ1) is 12.6. The molecule has 3 nitrogen and oxygen atoms in total. The van der Waals surface area contributed by atoms with Crippen LogP contribution in [0, 0.1) is 5.92 Å². The molecule has 0 aromatic carbocycles. The Morgan fingerprint density at radius 2 is 2.22 bits per heavy atom. The summed E-state index contributed by atoms with van der Waals surface area (Å²) in [5, 5.41) is 13.2. The molecule has 0 bridgehead atoms. The zero-order valence-electron chi connectivity index (χ0n) is 10.7. The van der Waals surface area contributed by atoms with Gasteiger partial charge in [-0.2, -0.15) is 0 Å². The summed E-state index contributed by atoms with van der Waals surface area (Å²) in [6, 6.07) is 0. The minimum Gasteiger partial charge on any atom is -0.386 e. The van der Waals surface area contributed by atoms with E-state index in [2.05, 4.69) is 4.98 Å². The molecule has 0 amide bonds. The van der Waals surface area contributed by atoms with E-state index in [1.165, 1.54) is 32.1 Å². The van der Waals surface area contributed by atoms with Crippen LogP contribution in [0.25, 0.3) is 0 Å². The van der Waals surface area contributed by atoms with Gasteiger partial charge in [0.05, 0.1) is 5.60 Å². The number of hydrogen-bond donors (Lipinski definition) is 1. The Kier molecular flexibility index (Phi) is 3.68. The van der Waals surface area contributed by atoms with E-state index in [1.807, 2.05) is 5.38 Å². The summed E-state index contributed by atoms with van der Waals surface area (Å²) >= 11 is 1.56. The maximum atomic E-state index is 10.4. The molecule has 1 N–H and O–H groups in total. The van der Waals surface area contributed by atoms with E-state index in [9.17, 15) is 5.11 Å². The molecule has 1 saturated carbocycles. The van der Waals surface area contributed by atoms with Crippen LogP contribution in [0.2, 0.25) is 0 Å². The number of aliphatic hydroxyl groups is 1. The molecule has 3 rings (SSSR count). The van der Waals surface area contributed by atoms with E-state index in [0.717, 1.165) is 24.5 Å². The molecule has 100 valence electrons. The van der Waals surface area contributed by atoms with E-state index in [0.29, 0.717) is 5.92 Å². The van der Waals surface area contributed by atoms with Crippen molar-refractivity contribution in [3.8, 4) is 0 Å². The lowest BCUT2D eigenvalue weighted by Crippen LogP contribution is -2.42. The Balaban J connectivity index is 1.70. The van der Waals surface area contributed by atoms with Gasteiger partial charge in [0, 0.05) is 18.2 Å². The van der Waals surface area contributed by atoms with Crippen LogP contribution in [-0.2, 0) is 4.74 Å². The first-order valence-electron chi connectivity index (χ1n) is 7.01. The molecule has 1 saturated heterocycles. The second-order valence-electron chi connectivity index (χ2n) is 5.66. The lowest BCUT2D eigenvalue weighted by atomic mass is 9.74. The third kappa shape index (κ3) is 2.46. The fraction of sp³-hybridized carbons (Fsp3) is 0.786. The van der Waals surface area contributed by atoms with Gasteiger partial charge in [-0.15, -0.1) is 11.3 Å². The van der Waals surface area contributed by atoms with Crippen LogP contribution in [0.4, 0.5) is 0 Å². The normalized spacial score (nSPS) is 29.3. The van der Waals surface area contributed by atoms with Crippen molar-refractivity contribution in [2.75, 3.05) is 6.61 Å². The van der Waals surface area contributed by atoms with Crippen molar-refractivity contribution in [2.45, 2.75) is 56.7 Å². The highest BCUT2D eigenvalue weighted by atomic mass is 32.1. The van der Waals surface area contributed by atoms with E-state index in [1.54, 1.807) is 17.5 Å². The van der Waals surface area contributed by atoms with E-state index in [-0.39, 0.29) is 5.60 Å². The summed E-state index contributed by atoms with van der Waals surface area (Å²) in [5.74, 6) is 0.322. The SMILES string of the molecule is OC(c1nccs1)C1CCOC2(CCCCC2)C1. The van der Waals surface area contributed by atoms with Gasteiger partial charge in [0.15, 0.2) is 0 Å². The van der Waals surface area contributed by atoms with Crippen LogP contribution < -0.4 is 0 Å². The van der Waals surface area contributed by atoms with E-state index in [4.69, 9.17) is 4.74 Å². The minimum atomic E-state index is -0.396. The Labute approximate surface area is 112 Å². The summed E-state index contributed by atoms with van der Waals surface area (Å²) in [4.78, 5) is 4.25. The molecule has 2 unspecified atom stereocenters. The Morgan fingerprint density at radius 3 is 2.94 bits per heavy atom. The Morgan fingerprint density at radius 1 is 1.39 bits per heavy atom. The molecule has 18 heavy (non-hydrogen) atoms. The van der Waals surface area contributed by atoms with E-state index >= 15 is 0 Å². The predicted octanol–water partition coefficient (Wildman–Crippen LogP) is 3.31. The molecule has 1 aliphatic carbocycles. The number of thiazole rings is 1. The van der Waals surface area contributed by atoms with Gasteiger partial charge in [0.2, 0.25) is 0 Å². The largest absolute Gasteiger partial charge is 0.386 e. The third-order valence-electron chi connectivity index (χ3n) is 4.45. The van der Waals surface area contributed by atoms with Gasteiger partial charge in [-0.1, -0.05) is 19.3 Å². The van der Waals surface area contributed by atoms with Crippen molar-refractivity contribution in [2.24, 2.45) is 5.92 Å². The van der Waals surface area contributed by atoms with Gasteiger partial charge in [0.25, 0.3) is 0 Å². The first-order valence-corrected chi connectivity index (χ1v) is 7.88. The van der Waals surface area contributed by atoms with Crippen LogP contribution >= 0.6 is 11.3 Å². The van der Waals surface area contributed by atoms with Crippen molar-refractivity contribution in [3.63, 3.8) is 0 Å². The van der Waals surface area contributed by atoms with Crippen molar-refractivity contribution in [1.29, 1.82) is 0 Å². The van der Waals surface area contributed by atoms with Crippen LogP contribution in [0.15, 0.2) is 11.6 Å². The zero-order valence-corrected chi connectivity index (χ0v) is 11.5. The second-order valence-corrected chi connectivity index (χ2v) is 6.59. The fourth-order valence-corrected chi connectivity index (χ4v) is 4.18. The monoisotopic (exact) mass is 267 g/mol. The molecule has 0 radical (unpaired) electrons. The topological polar surface area (TPSA) is 42.4 Å². The molecular formula is C14H21NO2S. The molecule has 1 spiro atoms. The van der Waals surface area contributed by atoms with Gasteiger partial charge in [-0.05, 0) is 31.6 Å². The summed E-state index contributed by atoms with van der Waals surface area (Å²) < 4.78 is 6.08. The lowest BCUT2D eigenvalue weighted by molar-refractivity contribution is -0.134. The van der Waals surface area contributed by atoms with Crippen molar-refractivity contribution in [3.05, 3.63) is 16.6 Å². The summed E-state index contributed by atoms with van der Waals surface area (Å²) in [6.45, 7) is 0.799. The molecule has 2 aliphatic rings. The first-order chi connectivity index (χ1) is 8.79. The average Bonchev–Trinajstić information content (AvgIpc) is 2.93. The van der Waals surface area contributed by atoms with Crippen molar-refractivity contribution in [1.82, 2.24) is 4.98 Å². The number of hydrogen-bond acceptors (Lipinski definition) is 4. The lowest BCUT2D eigenvalue weighted by Gasteiger charge is -2.44. The highest BCUT2D eigenvalue weighted by Crippen LogP contribution is 2.44. The molecule has 1 aromatic heterocycles. The Hall–Kier alpha value is -0.450. The van der Waals surface area contributed by atoms with Gasteiger partial charge < -0.3 is 9.84 Å². The van der Waals surface area contributed by atoms with Gasteiger partial charge in [-0.25, -0.2) is 4.98 Å². The maximum Gasteiger partial charge on any atom is 0.121 e. The van der Waals surface area contributed by atoms with Crippen LogP contribution in [0.3, 0.4) is 0 Å². The van der Waals surface area contributed by atoms with Gasteiger partial charge >= 0.3 is 0 Å². The smallest absolute Gasteiger partial charge is 0.121 e. The van der Waals surface area contributed by atoms with E-state index < -0.39 is 6.10 Å². The number of nitrogens with zero attached hydrogens (tertiary/aromatic N) is 1. The Bertz CT molecular complexity index is 368. The third-order valence-corrected chi connectivity index (χ3v) is 5.29. The standard InChI is InChI=1S/C14H21NO2S/c16-12(13-15-7-9-18-13)11-4-8-17-14(10-11)5-2-1-3-6-14/h7,9,11-12,16H,1-6,8,10H2. The second kappa shape index (κ2) is 5.27. The number of rotatable bonds is 2. The molecule has 2 fully saturated rings. The average molecular weight is 267 g/mol. The van der Waals surface area contributed by atoms with Crippen molar-refractivity contribution < 1.29 is 9.84 Å². The molecule has 1 aromatic rings. The zero-order chi connectivity index (χ0) is 12.4. The molecular weight excluding hydrogens is 246 g/mol. The molecule has 1 aliphatic heterocycles. The molecule has 4 heteroatoms. The summed E-state index contributed by atoms with van der Waals surface area (Å²) in [5.41, 5.74) is 0.0689. The predicted molar refractivity (Wildman–Crippen MR) is 71.6 cm³/mol.